The normalized spacial score (nSPS) is 13.3. The molecule has 1 aliphatic rings. The molecule has 2 heterocycles. The van der Waals surface area contributed by atoms with Gasteiger partial charge in [0.15, 0.2) is 11.4 Å². The molecule has 1 amide bonds. The zero-order chi connectivity index (χ0) is 25.8. The molecule has 0 spiro atoms. The molecule has 0 aliphatic carbocycles. The van der Waals surface area contributed by atoms with Crippen molar-refractivity contribution in [1.29, 1.82) is 0 Å². The van der Waals surface area contributed by atoms with Gasteiger partial charge in [0.05, 0.1) is 25.1 Å². The van der Waals surface area contributed by atoms with Gasteiger partial charge >= 0.3 is 0 Å². The minimum Gasteiger partial charge on any atom is -0.453 e. The number of halogens is 1. The number of aryl methyl sites for hydroxylation is 1. The molecule has 1 N–H and O–H groups in total. The Bertz CT molecular complexity index is 1500. The number of morpholine rings is 1. The summed E-state index contributed by atoms with van der Waals surface area (Å²) >= 11 is 6.15. The van der Waals surface area contributed by atoms with E-state index in [1.165, 1.54) is 10.9 Å². The van der Waals surface area contributed by atoms with Gasteiger partial charge in [0, 0.05) is 29.4 Å². The fraction of sp³-hybridized carbons (Fsp3) is 0.179. The van der Waals surface area contributed by atoms with Gasteiger partial charge in [0.2, 0.25) is 0 Å². The van der Waals surface area contributed by atoms with Crippen LogP contribution in [0.2, 0.25) is 5.02 Å². The number of hydrogen-bond acceptors (Lipinski definition) is 6. The smallest absolute Gasteiger partial charge is 0.299 e. The Labute approximate surface area is 219 Å². The molecule has 1 aromatic heterocycles. The first-order valence-corrected chi connectivity index (χ1v) is 12.2. The van der Waals surface area contributed by atoms with Gasteiger partial charge in [-0.05, 0) is 61.0 Å². The molecule has 3 aromatic carbocycles. The summed E-state index contributed by atoms with van der Waals surface area (Å²) < 4.78 is 12.7. The Balaban J connectivity index is 1.53. The molecule has 0 saturated carbocycles. The number of hydrogen-bond donors (Lipinski definition) is 1. The Hall–Kier alpha value is -4.14. The molecule has 1 saturated heterocycles. The Morgan fingerprint density at radius 2 is 1.81 bits per heavy atom. The molecule has 0 unspecified atom stereocenters. The van der Waals surface area contributed by atoms with Crippen LogP contribution in [0.25, 0.3) is 5.69 Å². The highest BCUT2D eigenvalue weighted by Gasteiger charge is 2.20. The van der Waals surface area contributed by atoms with Crippen LogP contribution < -0.4 is 15.6 Å². The maximum absolute atomic E-state index is 13.7. The summed E-state index contributed by atoms with van der Waals surface area (Å²) in [5, 5.41) is 7.98. The van der Waals surface area contributed by atoms with Gasteiger partial charge in [-0.15, -0.1) is 0 Å². The molecule has 0 radical (unpaired) electrons. The molecule has 8 nitrogen and oxygen atoms in total. The van der Waals surface area contributed by atoms with Crippen LogP contribution in [0, 0.1) is 6.92 Å². The van der Waals surface area contributed by atoms with E-state index in [4.69, 9.17) is 21.1 Å². The quantitative estimate of drug-likeness (QED) is 0.379. The Kier molecular flexibility index (Phi) is 7.20. The first kappa shape index (κ1) is 24.5. The third-order valence-corrected chi connectivity index (χ3v) is 6.13. The van der Waals surface area contributed by atoms with Gasteiger partial charge in [-0.1, -0.05) is 35.9 Å². The molecule has 188 valence electrons. The zero-order valence-corrected chi connectivity index (χ0v) is 20.9. The fourth-order valence-electron chi connectivity index (χ4n) is 4.05. The van der Waals surface area contributed by atoms with E-state index in [-0.39, 0.29) is 17.3 Å². The molecule has 37 heavy (non-hydrogen) atoms. The van der Waals surface area contributed by atoms with Crippen molar-refractivity contribution in [3.05, 3.63) is 105 Å². The standard InChI is InChI=1S/C28H25ClN4O4/c1-19-5-2-10-24(15-19)37-25-18-30-33(23-9-4-7-21(29)17-23)28(35)26(25)31-22-8-3-6-20(16-22)27(34)32-11-13-36-14-12-32/h2-10,15-18,31H,11-14H2,1H3. The largest absolute Gasteiger partial charge is 0.453 e. The van der Waals surface area contributed by atoms with Gasteiger partial charge < -0.3 is 19.7 Å². The molecule has 1 aliphatic heterocycles. The van der Waals surface area contributed by atoms with Crippen LogP contribution in [-0.4, -0.2) is 46.9 Å². The molecule has 1 fully saturated rings. The molecule has 0 bridgehead atoms. The van der Waals surface area contributed by atoms with Crippen LogP contribution in [0.1, 0.15) is 15.9 Å². The highest BCUT2D eigenvalue weighted by atomic mass is 35.5. The average Bonchev–Trinajstić information content (AvgIpc) is 2.91. The third-order valence-electron chi connectivity index (χ3n) is 5.89. The van der Waals surface area contributed by atoms with E-state index in [9.17, 15) is 9.59 Å². The van der Waals surface area contributed by atoms with Gasteiger partial charge in [0.1, 0.15) is 5.75 Å². The lowest BCUT2D eigenvalue weighted by molar-refractivity contribution is 0.0303. The van der Waals surface area contributed by atoms with Crippen LogP contribution in [0.3, 0.4) is 0 Å². The van der Waals surface area contributed by atoms with Crippen molar-refractivity contribution in [2.24, 2.45) is 0 Å². The van der Waals surface area contributed by atoms with Crippen molar-refractivity contribution in [3.8, 4) is 17.2 Å². The van der Waals surface area contributed by atoms with Gasteiger partial charge in [0.25, 0.3) is 11.5 Å². The lowest BCUT2D eigenvalue weighted by atomic mass is 10.1. The second-order valence-electron chi connectivity index (χ2n) is 8.61. The second-order valence-corrected chi connectivity index (χ2v) is 9.05. The lowest BCUT2D eigenvalue weighted by Crippen LogP contribution is -2.40. The lowest BCUT2D eigenvalue weighted by Gasteiger charge is -2.27. The fourth-order valence-corrected chi connectivity index (χ4v) is 4.24. The average molecular weight is 517 g/mol. The topological polar surface area (TPSA) is 85.7 Å². The number of carbonyl (C=O) groups is 1. The van der Waals surface area contributed by atoms with Crippen molar-refractivity contribution in [2.75, 3.05) is 31.6 Å². The number of rotatable bonds is 6. The number of amides is 1. The highest BCUT2D eigenvalue weighted by molar-refractivity contribution is 6.30. The minimum absolute atomic E-state index is 0.0887. The van der Waals surface area contributed by atoms with Crippen molar-refractivity contribution in [1.82, 2.24) is 14.7 Å². The summed E-state index contributed by atoms with van der Waals surface area (Å²) in [5.41, 5.74) is 2.34. The highest BCUT2D eigenvalue weighted by Crippen LogP contribution is 2.30. The zero-order valence-electron chi connectivity index (χ0n) is 20.2. The van der Waals surface area contributed by atoms with E-state index in [1.54, 1.807) is 59.5 Å². The van der Waals surface area contributed by atoms with E-state index < -0.39 is 5.56 Å². The number of benzene rings is 3. The van der Waals surface area contributed by atoms with Crippen molar-refractivity contribution >= 4 is 28.9 Å². The monoisotopic (exact) mass is 516 g/mol. The number of nitrogens with zero attached hydrogens (tertiary/aromatic N) is 3. The maximum Gasteiger partial charge on any atom is 0.299 e. The van der Waals surface area contributed by atoms with Crippen LogP contribution in [0.5, 0.6) is 11.5 Å². The van der Waals surface area contributed by atoms with E-state index in [0.29, 0.717) is 54.0 Å². The molecule has 0 atom stereocenters. The van der Waals surface area contributed by atoms with E-state index >= 15 is 0 Å². The first-order chi connectivity index (χ1) is 18.0. The molecule has 5 rings (SSSR count). The summed E-state index contributed by atoms with van der Waals surface area (Å²) in [6.07, 6.45) is 1.48. The van der Waals surface area contributed by atoms with E-state index in [2.05, 4.69) is 10.4 Å². The number of aromatic nitrogens is 2. The van der Waals surface area contributed by atoms with Crippen LogP contribution in [-0.2, 0) is 4.74 Å². The van der Waals surface area contributed by atoms with Crippen LogP contribution >= 0.6 is 11.6 Å². The minimum atomic E-state index is -0.433. The summed E-state index contributed by atoms with van der Waals surface area (Å²) in [4.78, 5) is 28.4. The molecule has 4 aromatic rings. The summed E-state index contributed by atoms with van der Waals surface area (Å²) in [7, 11) is 0. The predicted molar refractivity (Wildman–Crippen MR) is 143 cm³/mol. The SMILES string of the molecule is Cc1cccc(Oc2cnn(-c3cccc(Cl)c3)c(=O)c2Nc2cccc(C(=O)N3CCOCC3)c2)c1. The van der Waals surface area contributed by atoms with Gasteiger partial charge in [-0.25, -0.2) is 0 Å². The van der Waals surface area contributed by atoms with E-state index in [1.807, 2.05) is 25.1 Å². The summed E-state index contributed by atoms with van der Waals surface area (Å²) in [6.45, 7) is 4.07. The van der Waals surface area contributed by atoms with Crippen molar-refractivity contribution in [3.63, 3.8) is 0 Å². The maximum atomic E-state index is 13.7. The molecular formula is C28H25ClN4O4. The van der Waals surface area contributed by atoms with Crippen LogP contribution in [0.15, 0.2) is 83.8 Å². The number of carbonyl (C=O) groups excluding carboxylic acids is 1. The summed E-state index contributed by atoms with van der Waals surface area (Å²) in [6, 6.07) is 21.4. The third kappa shape index (κ3) is 5.66. The first-order valence-electron chi connectivity index (χ1n) is 11.8. The van der Waals surface area contributed by atoms with E-state index in [0.717, 1.165) is 5.56 Å². The Morgan fingerprint density at radius 3 is 2.59 bits per heavy atom. The molecular weight excluding hydrogens is 492 g/mol. The number of anilines is 2. The number of nitrogens with one attached hydrogen (secondary N) is 1. The number of ether oxygens (including phenoxy) is 2. The van der Waals surface area contributed by atoms with Crippen molar-refractivity contribution < 1.29 is 14.3 Å². The summed E-state index contributed by atoms with van der Waals surface area (Å²) in [5.74, 6) is 0.731. The predicted octanol–water partition coefficient (Wildman–Crippen LogP) is 5.20. The van der Waals surface area contributed by atoms with Crippen LogP contribution in [0.4, 0.5) is 11.4 Å². The molecule has 9 heteroatoms. The second kappa shape index (κ2) is 10.9. The van der Waals surface area contributed by atoms with Crippen molar-refractivity contribution in [2.45, 2.75) is 6.92 Å². The van der Waals surface area contributed by atoms with Gasteiger partial charge in [-0.2, -0.15) is 9.78 Å². The van der Waals surface area contributed by atoms with Gasteiger partial charge in [-0.3, -0.25) is 9.59 Å². The Morgan fingerprint density at radius 1 is 1.03 bits per heavy atom.